The highest BCUT2D eigenvalue weighted by Crippen LogP contribution is 2.36. The molecule has 3 heteroatoms. The number of para-hydroxylation sites is 2. The van der Waals surface area contributed by atoms with Gasteiger partial charge >= 0.3 is 0 Å². The zero-order valence-corrected chi connectivity index (χ0v) is 17.4. The molecule has 148 valence electrons. The standard InChI is InChI=1S/C28H20N2O/c1-17-16-29-26(15-24(17)19-12-13-25-20(14-19)11-10-18(2)30-25)23-8-5-7-22-21-6-3-4-9-27(21)31-28(22)23/h3-16H,1-2H3. The van der Waals surface area contributed by atoms with Gasteiger partial charge in [-0.1, -0.05) is 42.5 Å². The van der Waals surface area contributed by atoms with E-state index in [0.717, 1.165) is 60.9 Å². The average molecular weight is 400 g/mol. The molecule has 0 amide bonds. The van der Waals surface area contributed by atoms with Crippen molar-refractivity contribution in [2.24, 2.45) is 0 Å². The smallest absolute Gasteiger partial charge is 0.144 e. The molecular weight excluding hydrogens is 380 g/mol. The fourth-order valence-electron chi connectivity index (χ4n) is 4.33. The zero-order chi connectivity index (χ0) is 20.9. The molecule has 0 aliphatic carbocycles. The lowest BCUT2D eigenvalue weighted by molar-refractivity contribution is 0.670. The number of nitrogens with zero attached hydrogens (tertiary/aromatic N) is 2. The molecule has 0 saturated carbocycles. The molecule has 0 saturated heterocycles. The summed E-state index contributed by atoms with van der Waals surface area (Å²) in [5, 5.41) is 3.38. The minimum absolute atomic E-state index is 0.879. The van der Waals surface area contributed by atoms with Crippen molar-refractivity contribution in [1.29, 1.82) is 0 Å². The predicted octanol–water partition coefficient (Wildman–Crippen LogP) is 7.48. The summed E-state index contributed by atoms with van der Waals surface area (Å²) in [5.41, 5.74) is 9.21. The van der Waals surface area contributed by atoms with Gasteiger partial charge in [-0.05, 0) is 66.9 Å². The van der Waals surface area contributed by atoms with E-state index in [-0.39, 0.29) is 0 Å². The van der Waals surface area contributed by atoms with Gasteiger partial charge in [0.15, 0.2) is 0 Å². The van der Waals surface area contributed by atoms with E-state index in [1.807, 2.05) is 31.3 Å². The number of aromatic nitrogens is 2. The van der Waals surface area contributed by atoms with Crippen LogP contribution in [0.5, 0.6) is 0 Å². The fourth-order valence-corrected chi connectivity index (χ4v) is 4.33. The Hall–Kier alpha value is -3.98. The van der Waals surface area contributed by atoms with Crippen LogP contribution in [0.1, 0.15) is 11.3 Å². The molecule has 0 aliphatic rings. The Morgan fingerprint density at radius 2 is 1.61 bits per heavy atom. The molecular formula is C28H20N2O. The first-order valence-corrected chi connectivity index (χ1v) is 10.4. The Bertz CT molecular complexity index is 1610. The van der Waals surface area contributed by atoms with Crippen LogP contribution in [0, 0.1) is 13.8 Å². The van der Waals surface area contributed by atoms with Crippen LogP contribution in [-0.4, -0.2) is 9.97 Å². The number of rotatable bonds is 2. The molecule has 6 aromatic rings. The molecule has 31 heavy (non-hydrogen) atoms. The first-order valence-electron chi connectivity index (χ1n) is 10.4. The third-order valence-corrected chi connectivity index (χ3v) is 5.92. The summed E-state index contributed by atoms with van der Waals surface area (Å²) < 4.78 is 6.23. The quantitative estimate of drug-likeness (QED) is 0.302. The third-order valence-electron chi connectivity index (χ3n) is 5.92. The van der Waals surface area contributed by atoms with E-state index in [0.29, 0.717) is 0 Å². The van der Waals surface area contributed by atoms with Crippen molar-refractivity contribution in [3.05, 3.63) is 96.3 Å². The van der Waals surface area contributed by atoms with Crippen LogP contribution in [-0.2, 0) is 0 Å². The number of furan rings is 1. The van der Waals surface area contributed by atoms with Crippen molar-refractivity contribution in [1.82, 2.24) is 9.97 Å². The molecule has 0 bridgehead atoms. The monoisotopic (exact) mass is 400 g/mol. The van der Waals surface area contributed by atoms with Gasteiger partial charge in [-0.2, -0.15) is 0 Å². The lowest BCUT2D eigenvalue weighted by Crippen LogP contribution is -1.91. The van der Waals surface area contributed by atoms with Gasteiger partial charge in [0, 0.05) is 33.6 Å². The van der Waals surface area contributed by atoms with Gasteiger partial charge in [0.25, 0.3) is 0 Å². The zero-order valence-electron chi connectivity index (χ0n) is 17.4. The van der Waals surface area contributed by atoms with Crippen LogP contribution in [0.15, 0.2) is 89.5 Å². The molecule has 0 spiro atoms. The van der Waals surface area contributed by atoms with Crippen LogP contribution in [0.4, 0.5) is 0 Å². The topological polar surface area (TPSA) is 38.9 Å². The molecule has 0 atom stereocenters. The molecule has 6 rings (SSSR count). The molecule has 3 aromatic carbocycles. The second-order valence-electron chi connectivity index (χ2n) is 8.03. The first-order chi connectivity index (χ1) is 15.2. The van der Waals surface area contributed by atoms with Crippen molar-refractivity contribution in [2.75, 3.05) is 0 Å². The highest BCUT2D eigenvalue weighted by molar-refractivity contribution is 6.09. The summed E-state index contributed by atoms with van der Waals surface area (Å²) in [5.74, 6) is 0. The third kappa shape index (κ3) is 2.89. The molecule has 3 aromatic heterocycles. The maximum absolute atomic E-state index is 6.23. The van der Waals surface area contributed by atoms with E-state index in [1.165, 1.54) is 5.56 Å². The van der Waals surface area contributed by atoms with E-state index < -0.39 is 0 Å². The maximum atomic E-state index is 6.23. The molecule has 0 unspecified atom stereocenters. The molecule has 0 fully saturated rings. The number of pyridine rings is 2. The summed E-state index contributed by atoms with van der Waals surface area (Å²) >= 11 is 0. The highest BCUT2D eigenvalue weighted by Gasteiger charge is 2.14. The van der Waals surface area contributed by atoms with Gasteiger partial charge < -0.3 is 4.42 Å². The van der Waals surface area contributed by atoms with E-state index in [4.69, 9.17) is 9.40 Å². The van der Waals surface area contributed by atoms with E-state index in [9.17, 15) is 0 Å². The van der Waals surface area contributed by atoms with Gasteiger partial charge in [-0.3, -0.25) is 9.97 Å². The van der Waals surface area contributed by atoms with Gasteiger partial charge in [0.2, 0.25) is 0 Å². The van der Waals surface area contributed by atoms with Crippen molar-refractivity contribution in [3.8, 4) is 22.4 Å². The van der Waals surface area contributed by atoms with Crippen molar-refractivity contribution >= 4 is 32.8 Å². The minimum atomic E-state index is 0.879. The molecule has 3 nitrogen and oxygen atoms in total. The Morgan fingerprint density at radius 3 is 2.55 bits per heavy atom. The minimum Gasteiger partial charge on any atom is -0.455 e. The molecule has 0 radical (unpaired) electrons. The number of hydrogen-bond donors (Lipinski definition) is 0. The van der Waals surface area contributed by atoms with E-state index in [1.54, 1.807) is 0 Å². The second-order valence-corrected chi connectivity index (χ2v) is 8.03. The summed E-state index contributed by atoms with van der Waals surface area (Å²) in [7, 11) is 0. The Morgan fingerprint density at radius 1 is 0.742 bits per heavy atom. The van der Waals surface area contributed by atoms with Gasteiger partial charge in [-0.15, -0.1) is 0 Å². The van der Waals surface area contributed by atoms with Gasteiger partial charge in [-0.25, -0.2) is 0 Å². The Kier molecular flexibility index (Phi) is 3.90. The number of benzene rings is 3. The summed E-state index contributed by atoms with van der Waals surface area (Å²) in [4.78, 5) is 9.38. The van der Waals surface area contributed by atoms with E-state index >= 15 is 0 Å². The van der Waals surface area contributed by atoms with Gasteiger partial charge in [0.05, 0.1) is 11.2 Å². The number of hydrogen-bond acceptors (Lipinski definition) is 3. The molecule has 0 N–H and O–H groups in total. The number of fused-ring (bicyclic) bond motifs is 4. The fraction of sp³-hybridized carbons (Fsp3) is 0.0714. The lowest BCUT2D eigenvalue weighted by atomic mass is 9.97. The van der Waals surface area contributed by atoms with E-state index in [2.05, 4.69) is 72.6 Å². The number of aryl methyl sites for hydroxylation is 2. The van der Waals surface area contributed by atoms with Crippen LogP contribution < -0.4 is 0 Å². The normalized spacial score (nSPS) is 11.5. The van der Waals surface area contributed by atoms with Crippen molar-refractivity contribution in [3.63, 3.8) is 0 Å². The van der Waals surface area contributed by atoms with Gasteiger partial charge in [0.1, 0.15) is 11.2 Å². The summed E-state index contributed by atoms with van der Waals surface area (Å²) in [6.45, 7) is 4.12. The predicted molar refractivity (Wildman–Crippen MR) is 127 cm³/mol. The van der Waals surface area contributed by atoms with Crippen molar-refractivity contribution < 1.29 is 4.42 Å². The Balaban J connectivity index is 1.54. The van der Waals surface area contributed by atoms with Crippen LogP contribution in [0.25, 0.3) is 55.2 Å². The van der Waals surface area contributed by atoms with Crippen LogP contribution >= 0.6 is 0 Å². The van der Waals surface area contributed by atoms with Crippen molar-refractivity contribution in [2.45, 2.75) is 13.8 Å². The summed E-state index contributed by atoms with van der Waals surface area (Å²) in [6, 6.07) is 27.2. The lowest BCUT2D eigenvalue weighted by Gasteiger charge is -2.10. The molecule has 3 heterocycles. The highest BCUT2D eigenvalue weighted by atomic mass is 16.3. The SMILES string of the molecule is Cc1ccc2cc(-c3cc(-c4cccc5c4oc4ccccc45)ncc3C)ccc2n1. The van der Waals surface area contributed by atoms with Crippen LogP contribution in [0.2, 0.25) is 0 Å². The maximum Gasteiger partial charge on any atom is 0.144 e. The second kappa shape index (κ2) is 6.78. The molecule has 0 aliphatic heterocycles. The van der Waals surface area contributed by atoms with Crippen LogP contribution in [0.3, 0.4) is 0 Å². The largest absolute Gasteiger partial charge is 0.455 e. The average Bonchev–Trinajstić information content (AvgIpc) is 3.18. The first kappa shape index (κ1) is 17.8. The summed E-state index contributed by atoms with van der Waals surface area (Å²) in [6.07, 6.45) is 1.95. The Labute approximate surface area is 180 Å².